The number of rotatable bonds is 6. The maximum absolute atomic E-state index is 12.6. The van der Waals surface area contributed by atoms with Crippen molar-refractivity contribution in [3.63, 3.8) is 0 Å². The summed E-state index contributed by atoms with van der Waals surface area (Å²) in [6, 6.07) is 9.44. The number of likely N-dealkylation sites (tertiary alicyclic amines) is 1. The first-order valence-corrected chi connectivity index (χ1v) is 9.68. The van der Waals surface area contributed by atoms with E-state index in [0.717, 1.165) is 23.7 Å². The summed E-state index contributed by atoms with van der Waals surface area (Å²) >= 11 is 7.78. The van der Waals surface area contributed by atoms with Crippen LogP contribution in [0.3, 0.4) is 0 Å². The zero-order chi connectivity index (χ0) is 16.9. The number of carbonyl (C=O) groups excluding carboxylic acids is 1. The van der Waals surface area contributed by atoms with E-state index in [1.54, 1.807) is 24.1 Å². The van der Waals surface area contributed by atoms with E-state index in [1.165, 1.54) is 12.8 Å². The minimum atomic E-state index is -0.147. The van der Waals surface area contributed by atoms with Gasteiger partial charge in [0.15, 0.2) is 0 Å². The van der Waals surface area contributed by atoms with Crippen LogP contribution in [-0.4, -0.2) is 36.7 Å². The molecule has 1 aromatic carbocycles. The molecule has 0 bridgehead atoms. The van der Waals surface area contributed by atoms with Gasteiger partial charge >= 0.3 is 0 Å². The second-order valence-corrected chi connectivity index (χ2v) is 7.12. The number of halogens is 1. The van der Waals surface area contributed by atoms with E-state index in [0.29, 0.717) is 17.1 Å². The van der Waals surface area contributed by atoms with Crippen molar-refractivity contribution in [3.8, 4) is 0 Å². The zero-order valence-electron chi connectivity index (χ0n) is 13.6. The van der Waals surface area contributed by atoms with E-state index < -0.39 is 0 Å². The second kappa shape index (κ2) is 8.10. The largest absolute Gasteiger partial charge is 0.468 e. The van der Waals surface area contributed by atoms with E-state index in [1.807, 2.05) is 30.5 Å². The van der Waals surface area contributed by atoms with Crippen LogP contribution in [0.1, 0.15) is 35.0 Å². The molecule has 1 atom stereocenters. The van der Waals surface area contributed by atoms with Crippen molar-refractivity contribution >= 4 is 29.3 Å². The number of thioether (sulfide) groups is 1. The minimum absolute atomic E-state index is 0.0639. The molecule has 1 fully saturated rings. The summed E-state index contributed by atoms with van der Waals surface area (Å²) in [5.74, 6) is 0.743. The summed E-state index contributed by atoms with van der Waals surface area (Å²) in [6.07, 6.45) is 6.03. The number of nitrogens with one attached hydrogen (secondary N) is 1. The second-order valence-electron chi connectivity index (χ2n) is 5.83. The third kappa shape index (κ3) is 3.97. The fraction of sp³-hybridized carbons (Fsp3) is 0.389. The fourth-order valence-corrected chi connectivity index (χ4v) is 3.68. The summed E-state index contributed by atoms with van der Waals surface area (Å²) in [5.41, 5.74) is 0.517. The number of furan rings is 1. The number of carbonyl (C=O) groups is 1. The van der Waals surface area contributed by atoms with Crippen molar-refractivity contribution in [2.45, 2.75) is 23.8 Å². The summed E-state index contributed by atoms with van der Waals surface area (Å²) in [5, 5.41) is 3.50. The Morgan fingerprint density at radius 1 is 1.38 bits per heavy atom. The Kier molecular flexibility index (Phi) is 5.87. The molecule has 0 radical (unpaired) electrons. The molecule has 1 aliphatic heterocycles. The highest BCUT2D eigenvalue weighted by Crippen LogP contribution is 2.26. The van der Waals surface area contributed by atoms with Crippen molar-refractivity contribution < 1.29 is 9.21 Å². The Balaban J connectivity index is 1.71. The maximum atomic E-state index is 12.6. The van der Waals surface area contributed by atoms with Crippen molar-refractivity contribution in [3.05, 3.63) is 52.9 Å². The lowest BCUT2D eigenvalue weighted by Gasteiger charge is -2.26. The maximum Gasteiger partial charge on any atom is 0.252 e. The first-order valence-electron chi connectivity index (χ1n) is 8.08. The topological polar surface area (TPSA) is 45.5 Å². The molecule has 1 aliphatic rings. The van der Waals surface area contributed by atoms with Crippen LogP contribution in [0, 0.1) is 0 Å². The summed E-state index contributed by atoms with van der Waals surface area (Å²) in [6.45, 7) is 2.57. The monoisotopic (exact) mass is 364 g/mol. The van der Waals surface area contributed by atoms with Gasteiger partial charge in [-0.05, 0) is 62.5 Å². The standard InChI is InChI=1S/C18H21ClN2O2S/c1-24-13-6-7-15(19)14(11-13)18(22)20-12-16(17-5-4-10-23-17)21-8-2-3-9-21/h4-7,10-11,16H,2-3,8-9,12H2,1H3,(H,20,22). The third-order valence-corrected chi connectivity index (χ3v) is 5.38. The Morgan fingerprint density at radius 3 is 2.83 bits per heavy atom. The fourth-order valence-electron chi connectivity index (χ4n) is 3.03. The van der Waals surface area contributed by atoms with E-state index in [4.69, 9.17) is 16.0 Å². The molecule has 1 aromatic heterocycles. The van der Waals surface area contributed by atoms with Crippen LogP contribution in [0.5, 0.6) is 0 Å². The van der Waals surface area contributed by atoms with Crippen molar-refractivity contribution in [2.24, 2.45) is 0 Å². The molecule has 128 valence electrons. The van der Waals surface area contributed by atoms with Gasteiger partial charge in [-0.2, -0.15) is 0 Å². The van der Waals surface area contributed by atoms with Gasteiger partial charge in [0.2, 0.25) is 0 Å². The van der Waals surface area contributed by atoms with Crippen LogP contribution in [0.25, 0.3) is 0 Å². The lowest BCUT2D eigenvalue weighted by molar-refractivity contribution is 0.0933. The number of hydrogen-bond acceptors (Lipinski definition) is 4. The SMILES string of the molecule is CSc1ccc(Cl)c(C(=O)NCC(c2ccco2)N2CCCC2)c1. The molecule has 6 heteroatoms. The highest BCUT2D eigenvalue weighted by atomic mass is 35.5. The molecule has 2 aromatic rings. The minimum Gasteiger partial charge on any atom is -0.468 e. The molecule has 1 amide bonds. The third-order valence-electron chi connectivity index (χ3n) is 4.33. The smallest absolute Gasteiger partial charge is 0.252 e. The molecule has 24 heavy (non-hydrogen) atoms. The van der Waals surface area contributed by atoms with Crippen molar-refractivity contribution in [1.29, 1.82) is 0 Å². The lowest BCUT2D eigenvalue weighted by Crippen LogP contribution is -2.36. The Morgan fingerprint density at radius 2 is 2.17 bits per heavy atom. The first-order chi connectivity index (χ1) is 11.7. The number of amides is 1. The number of nitrogens with zero attached hydrogens (tertiary/aromatic N) is 1. The van der Waals surface area contributed by atoms with E-state index in [9.17, 15) is 4.79 Å². The average Bonchev–Trinajstić information content (AvgIpc) is 3.29. The molecule has 4 nitrogen and oxygen atoms in total. The van der Waals surface area contributed by atoms with Gasteiger partial charge < -0.3 is 9.73 Å². The van der Waals surface area contributed by atoms with Crippen LogP contribution in [0.2, 0.25) is 5.02 Å². The predicted octanol–water partition coefficient (Wildman–Crippen LogP) is 4.22. The highest BCUT2D eigenvalue weighted by Gasteiger charge is 2.26. The number of hydrogen-bond donors (Lipinski definition) is 1. The van der Waals surface area contributed by atoms with Crippen molar-refractivity contribution in [1.82, 2.24) is 10.2 Å². The van der Waals surface area contributed by atoms with Crippen LogP contribution in [-0.2, 0) is 0 Å². The van der Waals surface area contributed by atoms with Gasteiger partial charge in [0, 0.05) is 11.4 Å². The highest BCUT2D eigenvalue weighted by molar-refractivity contribution is 7.98. The summed E-state index contributed by atoms with van der Waals surface area (Å²) < 4.78 is 5.58. The molecular weight excluding hydrogens is 344 g/mol. The van der Waals surface area contributed by atoms with E-state index >= 15 is 0 Å². The van der Waals surface area contributed by atoms with Gasteiger partial charge in [-0.25, -0.2) is 0 Å². The van der Waals surface area contributed by atoms with Gasteiger partial charge in [0.25, 0.3) is 5.91 Å². The van der Waals surface area contributed by atoms with Gasteiger partial charge in [0.1, 0.15) is 5.76 Å². The van der Waals surface area contributed by atoms with Crippen molar-refractivity contribution in [2.75, 3.05) is 25.9 Å². The Hall–Kier alpha value is -1.43. The van der Waals surface area contributed by atoms with E-state index in [-0.39, 0.29) is 11.9 Å². The van der Waals surface area contributed by atoms with Crippen LogP contribution < -0.4 is 5.32 Å². The predicted molar refractivity (Wildman–Crippen MR) is 97.8 cm³/mol. The summed E-state index contributed by atoms with van der Waals surface area (Å²) in [4.78, 5) is 15.9. The van der Waals surface area contributed by atoms with E-state index in [2.05, 4.69) is 10.2 Å². The molecule has 1 unspecified atom stereocenters. The zero-order valence-corrected chi connectivity index (χ0v) is 15.2. The normalized spacial score (nSPS) is 16.2. The van der Waals surface area contributed by atoms with Gasteiger partial charge in [-0.3, -0.25) is 9.69 Å². The molecule has 0 aliphatic carbocycles. The van der Waals surface area contributed by atoms with Crippen LogP contribution in [0.15, 0.2) is 45.9 Å². The van der Waals surface area contributed by atoms with Gasteiger partial charge in [0.05, 0.1) is 22.9 Å². The molecule has 1 saturated heterocycles. The molecule has 3 rings (SSSR count). The molecule has 1 N–H and O–H groups in total. The molecule has 0 saturated carbocycles. The summed E-state index contributed by atoms with van der Waals surface area (Å²) in [7, 11) is 0. The Bertz CT molecular complexity index is 684. The average molecular weight is 365 g/mol. The molecule has 0 spiro atoms. The molecule has 2 heterocycles. The molecular formula is C18H21ClN2O2S. The first kappa shape index (κ1) is 17.4. The van der Waals surface area contributed by atoms with Gasteiger partial charge in [-0.15, -0.1) is 11.8 Å². The van der Waals surface area contributed by atoms with Crippen LogP contribution in [0.4, 0.5) is 0 Å². The Labute approximate surface area is 151 Å². The quantitative estimate of drug-likeness (QED) is 0.779. The number of benzene rings is 1. The van der Waals surface area contributed by atoms with Crippen LogP contribution >= 0.6 is 23.4 Å². The van der Waals surface area contributed by atoms with Gasteiger partial charge in [-0.1, -0.05) is 11.6 Å². The lowest BCUT2D eigenvalue weighted by atomic mass is 10.1.